The SMILES string of the molecule is Cc1ccccc1-c1ccc(-c2ccc([C@@]3(CC(=O)O)CCCCS3(=O)=O)s2)cc1. The van der Waals surface area contributed by atoms with Crippen molar-refractivity contribution >= 4 is 27.1 Å². The van der Waals surface area contributed by atoms with Gasteiger partial charge in [0.1, 0.15) is 4.75 Å². The zero-order valence-electron chi connectivity index (χ0n) is 16.8. The molecule has 4 nitrogen and oxygen atoms in total. The minimum Gasteiger partial charge on any atom is -0.481 e. The second kappa shape index (κ2) is 8.00. The molecule has 0 unspecified atom stereocenters. The molecule has 0 spiro atoms. The van der Waals surface area contributed by atoms with Gasteiger partial charge in [-0.2, -0.15) is 0 Å². The number of aryl methyl sites for hydroxylation is 1. The van der Waals surface area contributed by atoms with Crippen LogP contribution in [-0.2, 0) is 19.4 Å². The molecule has 1 aliphatic heterocycles. The lowest BCUT2D eigenvalue weighted by atomic mass is 9.95. The van der Waals surface area contributed by atoms with Crippen molar-refractivity contribution in [1.82, 2.24) is 0 Å². The molecule has 2 heterocycles. The topological polar surface area (TPSA) is 71.4 Å². The van der Waals surface area contributed by atoms with Gasteiger partial charge >= 0.3 is 5.97 Å². The Hall–Kier alpha value is -2.44. The van der Waals surface area contributed by atoms with E-state index in [-0.39, 0.29) is 12.2 Å². The number of hydrogen-bond donors (Lipinski definition) is 1. The van der Waals surface area contributed by atoms with Gasteiger partial charge in [0, 0.05) is 9.75 Å². The molecule has 1 saturated heterocycles. The third-order valence-electron chi connectivity index (χ3n) is 5.96. The summed E-state index contributed by atoms with van der Waals surface area (Å²) in [5.41, 5.74) is 4.53. The minimum absolute atomic E-state index is 0.0542. The number of hydrogen-bond acceptors (Lipinski definition) is 4. The number of thiophene rings is 1. The highest BCUT2D eigenvalue weighted by Gasteiger charge is 2.49. The Balaban J connectivity index is 1.69. The summed E-state index contributed by atoms with van der Waals surface area (Å²) >= 11 is 1.40. The van der Waals surface area contributed by atoms with Gasteiger partial charge in [0.05, 0.1) is 12.2 Å². The van der Waals surface area contributed by atoms with Crippen LogP contribution >= 0.6 is 11.3 Å². The van der Waals surface area contributed by atoms with Crippen molar-refractivity contribution in [1.29, 1.82) is 0 Å². The number of rotatable bonds is 5. The van der Waals surface area contributed by atoms with E-state index in [0.29, 0.717) is 17.7 Å². The van der Waals surface area contributed by atoms with E-state index in [1.807, 2.05) is 30.3 Å². The number of aliphatic carboxylic acids is 1. The number of benzene rings is 2. The summed E-state index contributed by atoms with van der Waals surface area (Å²) in [6.07, 6.45) is 1.32. The summed E-state index contributed by atoms with van der Waals surface area (Å²) in [5, 5.41) is 9.45. The number of sulfone groups is 1. The van der Waals surface area contributed by atoms with Crippen molar-refractivity contribution in [3.05, 3.63) is 71.1 Å². The van der Waals surface area contributed by atoms with E-state index in [1.54, 1.807) is 6.07 Å². The van der Waals surface area contributed by atoms with Crippen molar-refractivity contribution < 1.29 is 18.3 Å². The Bertz CT molecular complexity index is 1180. The van der Waals surface area contributed by atoms with Gasteiger partial charge < -0.3 is 5.11 Å². The Morgan fingerprint density at radius 2 is 1.70 bits per heavy atom. The molecule has 6 heteroatoms. The fourth-order valence-corrected chi connectivity index (χ4v) is 8.09. The van der Waals surface area contributed by atoms with E-state index in [1.165, 1.54) is 22.5 Å². The number of carbonyl (C=O) groups is 1. The van der Waals surface area contributed by atoms with Crippen LogP contribution in [0.3, 0.4) is 0 Å². The monoisotopic (exact) mass is 440 g/mol. The summed E-state index contributed by atoms with van der Waals surface area (Å²) in [6, 6.07) is 20.2. The highest BCUT2D eigenvalue weighted by atomic mass is 32.2. The van der Waals surface area contributed by atoms with E-state index in [2.05, 4.69) is 31.2 Å². The van der Waals surface area contributed by atoms with Crippen molar-refractivity contribution in [3.8, 4) is 21.6 Å². The molecule has 0 aliphatic carbocycles. The molecule has 0 amide bonds. The van der Waals surface area contributed by atoms with Crippen LogP contribution in [0.25, 0.3) is 21.6 Å². The second-order valence-electron chi connectivity index (χ2n) is 7.90. The Kier molecular flexibility index (Phi) is 5.55. The van der Waals surface area contributed by atoms with Crippen LogP contribution in [0.1, 0.15) is 36.1 Å². The fraction of sp³-hybridized carbons (Fsp3) is 0.292. The molecule has 1 N–H and O–H groups in total. The molecule has 1 aromatic heterocycles. The summed E-state index contributed by atoms with van der Waals surface area (Å²) < 4.78 is 24.6. The lowest BCUT2D eigenvalue weighted by molar-refractivity contribution is -0.137. The molecule has 1 atom stereocenters. The first-order valence-corrected chi connectivity index (χ1v) is 12.5. The molecule has 2 aromatic carbocycles. The van der Waals surface area contributed by atoms with Gasteiger partial charge in [0.25, 0.3) is 0 Å². The molecule has 0 bridgehead atoms. The van der Waals surface area contributed by atoms with Crippen LogP contribution in [0.15, 0.2) is 60.7 Å². The largest absolute Gasteiger partial charge is 0.481 e. The molecule has 1 fully saturated rings. The van der Waals surface area contributed by atoms with E-state index in [9.17, 15) is 18.3 Å². The van der Waals surface area contributed by atoms with E-state index < -0.39 is 20.6 Å². The Morgan fingerprint density at radius 3 is 2.37 bits per heavy atom. The average Bonchev–Trinajstić information content (AvgIpc) is 3.20. The van der Waals surface area contributed by atoms with E-state index >= 15 is 0 Å². The molecule has 3 aromatic rings. The molecular formula is C24H24O4S2. The van der Waals surface area contributed by atoms with Crippen LogP contribution in [-0.4, -0.2) is 25.2 Å². The van der Waals surface area contributed by atoms with Gasteiger partial charge in [-0.3, -0.25) is 4.79 Å². The van der Waals surface area contributed by atoms with Crippen LogP contribution in [0.4, 0.5) is 0 Å². The molecule has 1 aliphatic rings. The van der Waals surface area contributed by atoms with Crippen molar-refractivity contribution in [2.75, 3.05) is 5.75 Å². The number of carboxylic acids is 1. The Labute approximate surface area is 181 Å². The maximum Gasteiger partial charge on any atom is 0.305 e. The molecular weight excluding hydrogens is 416 g/mol. The highest BCUT2D eigenvalue weighted by molar-refractivity contribution is 7.92. The molecule has 30 heavy (non-hydrogen) atoms. The molecule has 0 radical (unpaired) electrons. The average molecular weight is 441 g/mol. The van der Waals surface area contributed by atoms with Gasteiger partial charge in [-0.05, 0) is 54.2 Å². The summed E-state index contributed by atoms with van der Waals surface area (Å²) in [6.45, 7) is 2.08. The molecule has 0 saturated carbocycles. The van der Waals surface area contributed by atoms with Crippen LogP contribution < -0.4 is 0 Å². The zero-order valence-corrected chi connectivity index (χ0v) is 18.4. The normalized spacial score (nSPS) is 20.7. The van der Waals surface area contributed by atoms with Gasteiger partial charge in [-0.1, -0.05) is 55.0 Å². The van der Waals surface area contributed by atoms with Crippen LogP contribution in [0, 0.1) is 6.92 Å². The van der Waals surface area contributed by atoms with Crippen LogP contribution in [0.2, 0.25) is 0 Å². The van der Waals surface area contributed by atoms with Crippen molar-refractivity contribution in [3.63, 3.8) is 0 Å². The first-order valence-electron chi connectivity index (χ1n) is 10.0. The predicted molar refractivity (Wildman–Crippen MR) is 121 cm³/mol. The van der Waals surface area contributed by atoms with E-state index in [0.717, 1.165) is 22.4 Å². The third kappa shape index (κ3) is 3.70. The van der Waals surface area contributed by atoms with Gasteiger partial charge in [-0.25, -0.2) is 8.42 Å². The minimum atomic E-state index is -3.52. The Morgan fingerprint density at radius 1 is 1.00 bits per heavy atom. The fourth-order valence-electron chi connectivity index (χ4n) is 4.31. The highest BCUT2D eigenvalue weighted by Crippen LogP contribution is 2.47. The second-order valence-corrected chi connectivity index (χ2v) is 11.4. The quantitative estimate of drug-likeness (QED) is 0.556. The predicted octanol–water partition coefficient (Wildman–Crippen LogP) is 5.66. The summed E-state index contributed by atoms with van der Waals surface area (Å²) in [5.74, 6) is -1.02. The smallest absolute Gasteiger partial charge is 0.305 e. The van der Waals surface area contributed by atoms with Gasteiger partial charge in [0.2, 0.25) is 0 Å². The number of carboxylic acid groups (broad SMARTS) is 1. The van der Waals surface area contributed by atoms with Crippen LogP contribution in [0.5, 0.6) is 0 Å². The third-order valence-corrected chi connectivity index (χ3v) is 10.0. The van der Waals surface area contributed by atoms with Crippen molar-refractivity contribution in [2.45, 2.75) is 37.4 Å². The first kappa shape index (κ1) is 20.8. The van der Waals surface area contributed by atoms with E-state index in [4.69, 9.17) is 0 Å². The van der Waals surface area contributed by atoms with Gasteiger partial charge in [-0.15, -0.1) is 11.3 Å². The summed E-state index contributed by atoms with van der Waals surface area (Å²) in [4.78, 5) is 13.1. The molecule has 156 valence electrons. The molecule has 4 rings (SSSR count). The summed E-state index contributed by atoms with van der Waals surface area (Å²) in [7, 11) is -3.52. The van der Waals surface area contributed by atoms with Gasteiger partial charge in [0.15, 0.2) is 9.84 Å². The maximum atomic E-state index is 13.0. The lowest BCUT2D eigenvalue weighted by Gasteiger charge is -2.34. The zero-order chi connectivity index (χ0) is 21.4. The lowest BCUT2D eigenvalue weighted by Crippen LogP contribution is -2.41. The standard InChI is InChI=1S/C24H24O4S2/c1-17-6-2-3-7-20(17)18-8-10-19(11-9-18)21-12-13-22(29-21)24(16-23(25)26)14-4-5-15-30(24,27)28/h2-3,6-13H,4-5,14-16H2,1H3,(H,25,26)/t24-/m0/s1. The van der Waals surface area contributed by atoms with Crippen molar-refractivity contribution in [2.24, 2.45) is 0 Å². The maximum absolute atomic E-state index is 13.0. The first-order chi connectivity index (χ1) is 14.3.